The van der Waals surface area contributed by atoms with E-state index in [4.69, 9.17) is 14.0 Å². The maximum Gasteiger partial charge on any atom is 0.494 e. The Labute approximate surface area is 173 Å². The van der Waals surface area contributed by atoms with Crippen LogP contribution in [0.4, 0.5) is 0 Å². The summed E-state index contributed by atoms with van der Waals surface area (Å²) in [6, 6.07) is 14.0. The van der Waals surface area contributed by atoms with Gasteiger partial charge in [0.15, 0.2) is 11.9 Å². The molecule has 0 amide bonds. The van der Waals surface area contributed by atoms with Gasteiger partial charge in [0.2, 0.25) is 0 Å². The molecule has 152 valence electrons. The fourth-order valence-electron chi connectivity index (χ4n) is 3.76. The van der Waals surface area contributed by atoms with Crippen LogP contribution in [0.3, 0.4) is 0 Å². The van der Waals surface area contributed by atoms with E-state index < -0.39 is 24.4 Å². The van der Waals surface area contributed by atoms with E-state index in [2.05, 4.69) is 26.0 Å². The predicted octanol–water partition coefficient (Wildman–Crippen LogP) is 4.35. The Morgan fingerprint density at radius 3 is 2.17 bits per heavy atom. The van der Waals surface area contributed by atoms with E-state index >= 15 is 0 Å². The van der Waals surface area contributed by atoms with Crippen molar-refractivity contribution < 1.29 is 18.8 Å². The summed E-state index contributed by atoms with van der Waals surface area (Å²) in [5.41, 5.74) is 3.17. The van der Waals surface area contributed by atoms with Crippen molar-refractivity contribution in [3.05, 3.63) is 59.2 Å². The number of hydrogen-bond donors (Lipinski definition) is 0. The molecular weight excluding hydrogens is 363 g/mol. The van der Waals surface area contributed by atoms with E-state index in [1.165, 1.54) is 5.56 Å². The Hall–Kier alpha value is -2.11. The van der Waals surface area contributed by atoms with Gasteiger partial charge in [0.1, 0.15) is 5.75 Å². The Morgan fingerprint density at radius 2 is 1.59 bits per heavy atom. The van der Waals surface area contributed by atoms with Gasteiger partial charge in [-0.15, -0.1) is 0 Å². The average molecular weight is 392 g/mol. The number of hydrogen-bond acceptors (Lipinski definition) is 4. The molecule has 2 aliphatic heterocycles. The first kappa shape index (κ1) is 20.2. The first-order valence-electron chi connectivity index (χ1n) is 10.3. The quantitative estimate of drug-likeness (QED) is 0.729. The molecule has 0 bridgehead atoms. The van der Waals surface area contributed by atoms with E-state index in [1.807, 2.05) is 58.0 Å². The maximum absolute atomic E-state index is 12.8. The number of ether oxygens (including phenoxy) is 1. The Bertz CT molecular complexity index is 914. The molecule has 2 aromatic rings. The molecule has 2 aromatic carbocycles. The minimum absolute atomic E-state index is 0.0702. The largest absolute Gasteiger partial charge is 0.494 e. The van der Waals surface area contributed by atoms with Crippen LogP contribution in [-0.2, 0) is 20.5 Å². The molecule has 0 aliphatic carbocycles. The number of Topliss-reactive ketones (excluding diaryl/α,β-unsaturated/α-hetero) is 1. The summed E-state index contributed by atoms with van der Waals surface area (Å²) in [6.45, 7) is 12.5. The van der Waals surface area contributed by atoms with Crippen molar-refractivity contribution in [1.82, 2.24) is 0 Å². The van der Waals surface area contributed by atoms with Crippen molar-refractivity contribution in [3.8, 4) is 5.75 Å². The normalized spacial score (nSPS) is 22.5. The van der Waals surface area contributed by atoms with Crippen molar-refractivity contribution in [2.75, 3.05) is 0 Å². The van der Waals surface area contributed by atoms with Gasteiger partial charge in [-0.2, -0.15) is 0 Å². The number of ketones is 1. The second-order valence-electron chi connectivity index (χ2n) is 9.42. The van der Waals surface area contributed by atoms with Gasteiger partial charge in [0, 0.05) is 12.0 Å². The van der Waals surface area contributed by atoms with E-state index in [-0.39, 0.29) is 5.78 Å². The highest BCUT2D eigenvalue weighted by Crippen LogP contribution is 2.37. The van der Waals surface area contributed by atoms with Crippen LogP contribution in [0.5, 0.6) is 5.75 Å². The van der Waals surface area contributed by atoms with Crippen LogP contribution in [0.25, 0.3) is 0 Å². The van der Waals surface area contributed by atoms with Crippen molar-refractivity contribution in [2.24, 2.45) is 0 Å². The summed E-state index contributed by atoms with van der Waals surface area (Å²) in [5.74, 6) is 1.28. The highest BCUT2D eigenvalue weighted by atomic mass is 16.7. The van der Waals surface area contributed by atoms with Crippen LogP contribution in [0, 0.1) is 0 Å². The molecule has 2 heterocycles. The summed E-state index contributed by atoms with van der Waals surface area (Å²) in [7, 11) is -0.443. The van der Waals surface area contributed by atoms with Crippen LogP contribution in [-0.4, -0.2) is 24.1 Å². The topological polar surface area (TPSA) is 44.8 Å². The first-order chi connectivity index (χ1) is 13.6. The molecule has 4 nitrogen and oxygen atoms in total. The molecule has 0 aromatic heterocycles. The molecule has 1 fully saturated rings. The Kier molecular flexibility index (Phi) is 4.87. The van der Waals surface area contributed by atoms with Crippen LogP contribution in [0.15, 0.2) is 42.5 Å². The van der Waals surface area contributed by atoms with Gasteiger partial charge in [-0.1, -0.05) is 50.2 Å². The van der Waals surface area contributed by atoms with Gasteiger partial charge in [-0.25, -0.2) is 0 Å². The molecule has 0 spiro atoms. The molecular formula is C24H29BO4. The second-order valence-corrected chi connectivity index (χ2v) is 9.42. The van der Waals surface area contributed by atoms with Gasteiger partial charge in [-0.3, -0.25) is 4.79 Å². The van der Waals surface area contributed by atoms with Gasteiger partial charge in [0.05, 0.1) is 11.2 Å². The minimum Gasteiger partial charge on any atom is -0.478 e. The lowest BCUT2D eigenvalue weighted by Gasteiger charge is -2.32. The first-order valence-corrected chi connectivity index (χ1v) is 10.3. The summed E-state index contributed by atoms with van der Waals surface area (Å²) in [4.78, 5) is 12.8. The van der Waals surface area contributed by atoms with Gasteiger partial charge < -0.3 is 14.0 Å². The van der Waals surface area contributed by atoms with Gasteiger partial charge in [-0.05, 0) is 56.3 Å². The Balaban J connectivity index is 1.56. The summed E-state index contributed by atoms with van der Waals surface area (Å²) >= 11 is 0. The SMILES string of the molecule is CC(C)c1ccc(C2Oc3ccc(B4OC(C)(C)C(C)(C)O4)cc3CC2=O)cc1. The molecule has 4 rings (SSSR count). The molecule has 1 unspecified atom stereocenters. The number of fused-ring (bicyclic) bond motifs is 1. The summed E-state index contributed by atoms with van der Waals surface area (Å²) in [5, 5.41) is 0. The van der Waals surface area contributed by atoms with Crippen LogP contribution in [0.1, 0.15) is 70.3 Å². The molecule has 0 N–H and O–H groups in total. The minimum atomic E-state index is -0.550. The fraction of sp³-hybridized carbons (Fsp3) is 0.458. The molecule has 29 heavy (non-hydrogen) atoms. The van der Waals surface area contributed by atoms with Gasteiger partial charge >= 0.3 is 7.12 Å². The van der Waals surface area contributed by atoms with Crippen LogP contribution < -0.4 is 10.2 Å². The number of carbonyl (C=O) groups is 1. The zero-order chi connectivity index (χ0) is 21.0. The third-order valence-corrected chi connectivity index (χ3v) is 6.42. The maximum atomic E-state index is 12.8. The van der Waals surface area contributed by atoms with Crippen molar-refractivity contribution >= 4 is 18.4 Å². The number of benzene rings is 2. The molecule has 0 radical (unpaired) electrons. The molecule has 1 saturated heterocycles. The third-order valence-electron chi connectivity index (χ3n) is 6.42. The highest BCUT2D eigenvalue weighted by molar-refractivity contribution is 6.62. The molecule has 5 heteroatoms. The standard InChI is InChI=1S/C24H29BO4/c1-15(2)16-7-9-17(10-8-16)22-20(26)14-18-13-19(11-12-21(18)27-22)25-28-23(3,4)24(5,6)29-25/h7-13,15,22H,14H2,1-6H3. The lowest BCUT2D eigenvalue weighted by Crippen LogP contribution is -2.41. The number of rotatable bonds is 3. The smallest absolute Gasteiger partial charge is 0.478 e. The number of carbonyl (C=O) groups excluding carboxylic acids is 1. The predicted molar refractivity (Wildman–Crippen MR) is 115 cm³/mol. The van der Waals surface area contributed by atoms with E-state index in [0.29, 0.717) is 12.3 Å². The molecule has 1 atom stereocenters. The van der Waals surface area contributed by atoms with E-state index in [9.17, 15) is 4.79 Å². The lowest BCUT2D eigenvalue weighted by atomic mass is 9.77. The third kappa shape index (κ3) is 3.62. The fourth-order valence-corrected chi connectivity index (χ4v) is 3.76. The monoisotopic (exact) mass is 392 g/mol. The summed E-state index contributed by atoms with van der Waals surface area (Å²) < 4.78 is 18.4. The zero-order valence-corrected chi connectivity index (χ0v) is 18.1. The second kappa shape index (κ2) is 7.00. The summed E-state index contributed by atoms with van der Waals surface area (Å²) in [6.07, 6.45) is -0.203. The van der Waals surface area contributed by atoms with Crippen LogP contribution >= 0.6 is 0 Å². The highest BCUT2D eigenvalue weighted by Gasteiger charge is 2.51. The average Bonchev–Trinajstić information content (AvgIpc) is 2.88. The van der Waals surface area contributed by atoms with Crippen LogP contribution in [0.2, 0.25) is 0 Å². The van der Waals surface area contributed by atoms with E-state index in [0.717, 1.165) is 22.3 Å². The molecule has 2 aliphatic rings. The Morgan fingerprint density at radius 1 is 0.966 bits per heavy atom. The van der Waals surface area contributed by atoms with Gasteiger partial charge in [0.25, 0.3) is 0 Å². The zero-order valence-electron chi connectivity index (χ0n) is 18.1. The lowest BCUT2D eigenvalue weighted by molar-refractivity contribution is -0.126. The van der Waals surface area contributed by atoms with Crippen molar-refractivity contribution in [1.29, 1.82) is 0 Å². The molecule has 0 saturated carbocycles. The van der Waals surface area contributed by atoms with Crippen molar-refractivity contribution in [3.63, 3.8) is 0 Å². The van der Waals surface area contributed by atoms with E-state index in [1.54, 1.807) is 0 Å². The van der Waals surface area contributed by atoms with Crippen molar-refractivity contribution in [2.45, 2.75) is 71.2 Å².